The molecule has 0 saturated carbocycles. The Morgan fingerprint density at radius 1 is 1.13 bits per heavy atom. The lowest BCUT2D eigenvalue weighted by Crippen LogP contribution is -2.04. The molecule has 0 spiro atoms. The van der Waals surface area contributed by atoms with Crippen LogP contribution in [0.4, 0.5) is 5.69 Å². The van der Waals surface area contributed by atoms with Crippen LogP contribution < -0.4 is 15.7 Å². The molecular formula is C16H15Cl2N3O2. The summed E-state index contributed by atoms with van der Waals surface area (Å²) < 4.78 is 5.60. The molecule has 0 amide bonds. The quantitative estimate of drug-likeness (QED) is 0.645. The number of anilines is 1. The Kier molecular flexibility index (Phi) is 4.50. The van der Waals surface area contributed by atoms with Gasteiger partial charge in [0.25, 0.3) is 0 Å². The fraction of sp³-hybridized carbons (Fsp3) is 0.188. The van der Waals surface area contributed by atoms with Gasteiger partial charge in [0.2, 0.25) is 0 Å². The van der Waals surface area contributed by atoms with Crippen molar-refractivity contribution in [2.24, 2.45) is 0 Å². The monoisotopic (exact) mass is 351 g/mol. The highest BCUT2D eigenvalue weighted by molar-refractivity contribution is 6.35. The topological polar surface area (TPSA) is 69.9 Å². The number of H-pyrrole nitrogens is 2. The zero-order valence-electron chi connectivity index (χ0n) is 12.4. The molecule has 0 saturated heterocycles. The van der Waals surface area contributed by atoms with Crippen LogP contribution in [-0.2, 0) is 6.54 Å². The van der Waals surface area contributed by atoms with Crippen molar-refractivity contribution in [3.8, 4) is 5.75 Å². The first-order valence-corrected chi connectivity index (χ1v) is 7.89. The number of rotatable bonds is 5. The number of nitrogens with one attached hydrogen (secondary N) is 3. The maximum absolute atomic E-state index is 11.3. The normalized spacial score (nSPS) is 10.9. The first kappa shape index (κ1) is 15.8. The van der Waals surface area contributed by atoms with Crippen molar-refractivity contribution in [2.75, 3.05) is 11.9 Å². The maximum Gasteiger partial charge on any atom is 0.323 e. The number of halogens is 2. The Bertz CT molecular complexity index is 902. The van der Waals surface area contributed by atoms with Gasteiger partial charge in [0, 0.05) is 22.8 Å². The number of benzene rings is 2. The van der Waals surface area contributed by atoms with E-state index in [1.807, 2.05) is 31.2 Å². The van der Waals surface area contributed by atoms with Crippen molar-refractivity contribution in [1.29, 1.82) is 0 Å². The summed E-state index contributed by atoms with van der Waals surface area (Å²) in [5.41, 5.74) is 3.02. The second-order valence-electron chi connectivity index (χ2n) is 5.00. The average molecular weight is 352 g/mol. The van der Waals surface area contributed by atoms with Crippen molar-refractivity contribution < 1.29 is 4.74 Å². The highest BCUT2D eigenvalue weighted by Gasteiger charge is 2.10. The summed E-state index contributed by atoms with van der Waals surface area (Å²) in [6.45, 7) is 2.92. The third-order valence-electron chi connectivity index (χ3n) is 3.37. The van der Waals surface area contributed by atoms with E-state index in [2.05, 4.69) is 15.3 Å². The third-order valence-corrected chi connectivity index (χ3v) is 3.87. The molecule has 7 heteroatoms. The number of aromatic nitrogens is 2. The summed E-state index contributed by atoms with van der Waals surface area (Å²) in [4.78, 5) is 16.7. The van der Waals surface area contributed by atoms with E-state index in [1.54, 1.807) is 6.07 Å². The van der Waals surface area contributed by atoms with Crippen molar-refractivity contribution in [3.63, 3.8) is 0 Å². The number of imidazole rings is 1. The van der Waals surface area contributed by atoms with Gasteiger partial charge in [0.1, 0.15) is 5.75 Å². The maximum atomic E-state index is 11.3. The Labute approximate surface area is 142 Å². The van der Waals surface area contributed by atoms with Crippen LogP contribution in [0.25, 0.3) is 11.0 Å². The van der Waals surface area contributed by atoms with Crippen molar-refractivity contribution in [3.05, 3.63) is 56.4 Å². The molecule has 5 nitrogen and oxygen atoms in total. The molecule has 3 aromatic rings. The molecule has 0 atom stereocenters. The minimum absolute atomic E-state index is 0.225. The molecule has 0 aliphatic rings. The molecule has 3 N–H and O–H groups in total. The standard InChI is InChI=1S/C16H15Cl2N3O2/c1-2-23-15-9(5-10(17)6-12(15)18)8-19-11-3-4-13-14(7-11)21-16(22)20-13/h3-7,19H,2,8H2,1H3,(H2,20,21,22). The van der Waals surface area contributed by atoms with Crippen LogP contribution in [0.1, 0.15) is 12.5 Å². The van der Waals surface area contributed by atoms with E-state index in [9.17, 15) is 4.79 Å². The Hall–Kier alpha value is -2.11. The van der Waals surface area contributed by atoms with Gasteiger partial charge in [0.05, 0.1) is 22.7 Å². The number of hydrogen-bond acceptors (Lipinski definition) is 3. The second-order valence-corrected chi connectivity index (χ2v) is 5.85. The van der Waals surface area contributed by atoms with Crippen LogP contribution in [0.3, 0.4) is 0 Å². The number of ether oxygens (including phenoxy) is 1. The van der Waals surface area contributed by atoms with E-state index in [0.717, 1.165) is 22.3 Å². The lowest BCUT2D eigenvalue weighted by atomic mass is 10.2. The summed E-state index contributed by atoms with van der Waals surface area (Å²) in [5, 5.41) is 4.33. The van der Waals surface area contributed by atoms with Gasteiger partial charge in [-0.3, -0.25) is 0 Å². The number of hydrogen-bond donors (Lipinski definition) is 3. The molecule has 2 aromatic carbocycles. The van der Waals surface area contributed by atoms with E-state index in [4.69, 9.17) is 27.9 Å². The Morgan fingerprint density at radius 3 is 2.70 bits per heavy atom. The van der Waals surface area contributed by atoms with Crippen LogP contribution in [0, 0.1) is 0 Å². The first-order valence-electron chi connectivity index (χ1n) is 7.13. The largest absolute Gasteiger partial charge is 0.492 e. The van der Waals surface area contributed by atoms with Gasteiger partial charge >= 0.3 is 5.69 Å². The molecule has 0 fully saturated rings. The molecule has 23 heavy (non-hydrogen) atoms. The average Bonchev–Trinajstić information content (AvgIpc) is 2.87. The van der Waals surface area contributed by atoms with Gasteiger partial charge in [-0.1, -0.05) is 23.2 Å². The molecule has 0 aliphatic heterocycles. The summed E-state index contributed by atoms with van der Waals surface area (Å²) >= 11 is 12.3. The minimum Gasteiger partial charge on any atom is -0.492 e. The van der Waals surface area contributed by atoms with E-state index >= 15 is 0 Å². The van der Waals surface area contributed by atoms with Crippen molar-refractivity contribution >= 4 is 39.9 Å². The molecular weight excluding hydrogens is 337 g/mol. The van der Waals surface area contributed by atoms with Gasteiger partial charge in [-0.05, 0) is 37.3 Å². The minimum atomic E-state index is -0.225. The van der Waals surface area contributed by atoms with Gasteiger partial charge < -0.3 is 20.0 Å². The lowest BCUT2D eigenvalue weighted by Gasteiger charge is -2.14. The van der Waals surface area contributed by atoms with E-state index < -0.39 is 0 Å². The highest BCUT2D eigenvalue weighted by Crippen LogP contribution is 2.33. The SMILES string of the molecule is CCOc1c(Cl)cc(Cl)cc1CNc1ccc2[nH]c(=O)[nH]c2c1. The van der Waals surface area contributed by atoms with Crippen molar-refractivity contribution in [2.45, 2.75) is 13.5 Å². The van der Waals surface area contributed by atoms with Gasteiger partial charge in [-0.15, -0.1) is 0 Å². The molecule has 0 aliphatic carbocycles. The smallest absolute Gasteiger partial charge is 0.323 e. The Morgan fingerprint density at radius 2 is 1.91 bits per heavy atom. The van der Waals surface area contributed by atoms with Gasteiger partial charge in [0.15, 0.2) is 0 Å². The summed E-state index contributed by atoms with van der Waals surface area (Å²) in [5.74, 6) is 0.627. The molecule has 1 aromatic heterocycles. The summed E-state index contributed by atoms with van der Waals surface area (Å²) in [6, 6.07) is 9.07. The fourth-order valence-corrected chi connectivity index (χ4v) is 2.98. The molecule has 0 unspecified atom stereocenters. The number of fused-ring (bicyclic) bond motifs is 1. The molecule has 0 bridgehead atoms. The molecule has 3 rings (SSSR count). The first-order chi connectivity index (χ1) is 11.1. The second kappa shape index (κ2) is 6.56. The highest BCUT2D eigenvalue weighted by atomic mass is 35.5. The van der Waals surface area contributed by atoms with E-state index in [1.165, 1.54) is 0 Å². The molecule has 120 valence electrons. The predicted molar refractivity (Wildman–Crippen MR) is 93.9 cm³/mol. The predicted octanol–water partition coefficient (Wildman–Crippen LogP) is 4.17. The third kappa shape index (κ3) is 3.46. The van der Waals surface area contributed by atoms with E-state index in [0.29, 0.717) is 28.9 Å². The Balaban J connectivity index is 1.85. The van der Waals surface area contributed by atoms with Crippen LogP contribution >= 0.6 is 23.2 Å². The van der Waals surface area contributed by atoms with E-state index in [-0.39, 0.29) is 5.69 Å². The zero-order chi connectivity index (χ0) is 16.4. The van der Waals surface area contributed by atoms with Crippen LogP contribution in [0.2, 0.25) is 10.0 Å². The van der Waals surface area contributed by atoms with Crippen molar-refractivity contribution in [1.82, 2.24) is 9.97 Å². The van der Waals surface area contributed by atoms with Crippen LogP contribution in [-0.4, -0.2) is 16.6 Å². The van der Waals surface area contributed by atoms with Crippen LogP contribution in [0.15, 0.2) is 35.1 Å². The van der Waals surface area contributed by atoms with Crippen LogP contribution in [0.5, 0.6) is 5.75 Å². The molecule has 1 heterocycles. The summed E-state index contributed by atoms with van der Waals surface area (Å²) in [6.07, 6.45) is 0. The summed E-state index contributed by atoms with van der Waals surface area (Å²) in [7, 11) is 0. The zero-order valence-corrected chi connectivity index (χ0v) is 13.9. The van der Waals surface area contributed by atoms with Gasteiger partial charge in [-0.25, -0.2) is 4.79 Å². The fourth-order valence-electron chi connectivity index (χ4n) is 2.39. The molecule has 0 radical (unpaired) electrons. The number of aromatic amines is 2. The van der Waals surface area contributed by atoms with Gasteiger partial charge in [-0.2, -0.15) is 0 Å². The lowest BCUT2D eigenvalue weighted by molar-refractivity contribution is 0.337.